The van der Waals surface area contributed by atoms with Gasteiger partial charge in [0, 0.05) is 6.21 Å². The summed E-state index contributed by atoms with van der Waals surface area (Å²) in [7, 11) is 0. The molecule has 4 heteroatoms. The van der Waals surface area contributed by atoms with Gasteiger partial charge in [-0.05, 0) is 30.9 Å². The van der Waals surface area contributed by atoms with Crippen LogP contribution < -0.4 is 5.43 Å². The first-order valence-electron chi connectivity index (χ1n) is 6.39. The molecule has 1 saturated carbocycles. The lowest BCUT2D eigenvalue weighted by Crippen LogP contribution is -2.19. The van der Waals surface area contributed by atoms with E-state index in [4.69, 9.17) is 0 Å². The van der Waals surface area contributed by atoms with Gasteiger partial charge in [-0.1, -0.05) is 31.4 Å². The zero-order chi connectivity index (χ0) is 12.8. The first-order chi connectivity index (χ1) is 8.77. The number of aromatic hydroxyl groups is 1. The Labute approximate surface area is 107 Å². The molecular formula is C14H18N2O2. The Hall–Kier alpha value is -1.84. The largest absolute Gasteiger partial charge is 0.507 e. The lowest BCUT2D eigenvalue weighted by molar-refractivity contribution is 0.0952. The number of carbonyl (C=O) groups is 1. The lowest BCUT2D eigenvalue weighted by atomic mass is 9.90. The van der Waals surface area contributed by atoms with Crippen LogP contribution in [-0.4, -0.2) is 17.2 Å². The average molecular weight is 246 g/mol. The van der Waals surface area contributed by atoms with E-state index in [-0.39, 0.29) is 17.2 Å². The van der Waals surface area contributed by atoms with Gasteiger partial charge < -0.3 is 5.11 Å². The number of nitrogens with one attached hydrogen (secondary N) is 1. The van der Waals surface area contributed by atoms with Crippen LogP contribution in [0.3, 0.4) is 0 Å². The molecule has 1 aromatic rings. The van der Waals surface area contributed by atoms with Gasteiger partial charge in [-0.15, -0.1) is 0 Å². The van der Waals surface area contributed by atoms with Crippen molar-refractivity contribution in [3.63, 3.8) is 0 Å². The van der Waals surface area contributed by atoms with Crippen molar-refractivity contribution in [2.24, 2.45) is 11.0 Å². The monoisotopic (exact) mass is 246 g/mol. The summed E-state index contributed by atoms with van der Waals surface area (Å²) >= 11 is 0. The maximum atomic E-state index is 11.7. The molecule has 4 nitrogen and oxygen atoms in total. The van der Waals surface area contributed by atoms with Crippen molar-refractivity contribution in [3.05, 3.63) is 29.8 Å². The van der Waals surface area contributed by atoms with Crippen LogP contribution in [0.2, 0.25) is 0 Å². The second kappa shape index (κ2) is 6.19. The Kier molecular flexibility index (Phi) is 4.34. The van der Waals surface area contributed by atoms with Crippen molar-refractivity contribution in [3.8, 4) is 5.75 Å². The van der Waals surface area contributed by atoms with Gasteiger partial charge in [0.05, 0.1) is 5.56 Å². The molecule has 0 aliphatic heterocycles. The van der Waals surface area contributed by atoms with Crippen LogP contribution in [0.5, 0.6) is 5.75 Å². The molecule has 18 heavy (non-hydrogen) atoms. The zero-order valence-electron chi connectivity index (χ0n) is 10.3. The molecule has 0 atom stereocenters. The summed E-state index contributed by atoms with van der Waals surface area (Å²) in [6.07, 6.45) is 7.89. The van der Waals surface area contributed by atoms with Gasteiger partial charge in [-0.3, -0.25) is 4.79 Å². The first-order valence-corrected chi connectivity index (χ1v) is 6.39. The Morgan fingerprint density at radius 1 is 1.28 bits per heavy atom. The van der Waals surface area contributed by atoms with E-state index >= 15 is 0 Å². The van der Waals surface area contributed by atoms with Crippen molar-refractivity contribution < 1.29 is 9.90 Å². The van der Waals surface area contributed by atoms with Gasteiger partial charge in [0.25, 0.3) is 5.91 Å². The zero-order valence-corrected chi connectivity index (χ0v) is 10.3. The summed E-state index contributed by atoms with van der Waals surface area (Å²) in [6, 6.07) is 6.44. The van der Waals surface area contributed by atoms with Crippen LogP contribution in [0.4, 0.5) is 0 Å². The molecular weight excluding hydrogens is 228 g/mol. The maximum Gasteiger partial charge on any atom is 0.275 e. The predicted octanol–water partition coefficient (Wildman–Crippen LogP) is 2.69. The van der Waals surface area contributed by atoms with Crippen LogP contribution >= 0.6 is 0 Å². The average Bonchev–Trinajstić information content (AvgIpc) is 2.40. The number of para-hydroxylation sites is 1. The number of phenolic OH excluding ortho intramolecular Hbond substituents is 1. The number of amides is 1. The topological polar surface area (TPSA) is 61.7 Å². The molecule has 1 aliphatic carbocycles. The first kappa shape index (κ1) is 12.6. The quantitative estimate of drug-likeness (QED) is 0.636. The molecule has 2 N–H and O–H groups in total. The smallest absolute Gasteiger partial charge is 0.275 e. The van der Waals surface area contributed by atoms with Crippen molar-refractivity contribution in [1.82, 2.24) is 5.43 Å². The number of hydrogen-bond acceptors (Lipinski definition) is 3. The number of benzene rings is 1. The highest BCUT2D eigenvalue weighted by Crippen LogP contribution is 2.21. The van der Waals surface area contributed by atoms with Crippen LogP contribution in [-0.2, 0) is 0 Å². The summed E-state index contributed by atoms with van der Waals surface area (Å²) in [5.41, 5.74) is 2.71. The van der Waals surface area contributed by atoms with Gasteiger partial charge in [0.15, 0.2) is 0 Å². The van der Waals surface area contributed by atoms with E-state index in [1.54, 1.807) is 18.2 Å². The minimum atomic E-state index is -0.375. The molecule has 1 aliphatic rings. The van der Waals surface area contributed by atoms with Gasteiger partial charge in [-0.2, -0.15) is 5.10 Å². The second-order valence-electron chi connectivity index (χ2n) is 4.63. The highest BCUT2D eigenvalue weighted by molar-refractivity contribution is 5.96. The Morgan fingerprint density at radius 3 is 2.72 bits per heavy atom. The van der Waals surface area contributed by atoms with E-state index in [1.165, 1.54) is 25.3 Å². The van der Waals surface area contributed by atoms with Crippen LogP contribution in [0, 0.1) is 5.92 Å². The summed E-state index contributed by atoms with van der Waals surface area (Å²) < 4.78 is 0. The number of phenols is 1. The van der Waals surface area contributed by atoms with Crippen molar-refractivity contribution in [2.45, 2.75) is 32.1 Å². The van der Waals surface area contributed by atoms with E-state index in [9.17, 15) is 9.90 Å². The summed E-state index contributed by atoms with van der Waals surface area (Å²) in [5.74, 6) is 0.0754. The second-order valence-corrected chi connectivity index (χ2v) is 4.63. The highest BCUT2D eigenvalue weighted by Gasteiger charge is 2.12. The lowest BCUT2D eigenvalue weighted by Gasteiger charge is -2.16. The van der Waals surface area contributed by atoms with Crippen molar-refractivity contribution in [2.75, 3.05) is 0 Å². The Morgan fingerprint density at radius 2 is 2.00 bits per heavy atom. The molecule has 0 aromatic heterocycles. The summed E-state index contributed by atoms with van der Waals surface area (Å²) in [6.45, 7) is 0. The van der Waals surface area contributed by atoms with Crippen LogP contribution in [0.25, 0.3) is 0 Å². The third-order valence-corrected chi connectivity index (χ3v) is 3.25. The van der Waals surface area contributed by atoms with Gasteiger partial charge >= 0.3 is 0 Å². The van der Waals surface area contributed by atoms with Crippen molar-refractivity contribution >= 4 is 12.1 Å². The molecule has 96 valence electrons. The molecule has 0 radical (unpaired) electrons. The third-order valence-electron chi connectivity index (χ3n) is 3.25. The van der Waals surface area contributed by atoms with Crippen LogP contribution in [0.1, 0.15) is 42.5 Å². The number of hydrazone groups is 1. The van der Waals surface area contributed by atoms with E-state index in [0.29, 0.717) is 5.92 Å². The number of rotatable bonds is 3. The highest BCUT2D eigenvalue weighted by atomic mass is 16.3. The molecule has 2 rings (SSSR count). The molecule has 1 fully saturated rings. The fourth-order valence-corrected chi connectivity index (χ4v) is 2.21. The third kappa shape index (κ3) is 3.32. The molecule has 0 spiro atoms. The summed E-state index contributed by atoms with van der Waals surface area (Å²) in [5, 5.41) is 13.5. The Bertz CT molecular complexity index is 437. The molecule has 0 heterocycles. The molecule has 0 saturated heterocycles. The number of nitrogens with zero attached hydrogens (tertiary/aromatic N) is 1. The summed E-state index contributed by atoms with van der Waals surface area (Å²) in [4.78, 5) is 11.7. The fraction of sp³-hybridized carbons (Fsp3) is 0.429. The fourth-order valence-electron chi connectivity index (χ4n) is 2.21. The minimum Gasteiger partial charge on any atom is -0.507 e. The van der Waals surface area contributed by atoms with Gasteiger partial charge in [0.1, 0.15) is 5.75 Å². The van der Waals surface area contributed by atoms with Crippen molar-refractivity contribution in [1.29, 1.82) is 0 Å². The van der Waals surface area contributed by atoms with Gasteiger partial charge in [0.2, 0.25) is 0 Å². The predicted molar refractivity (Wildman–Crippen MR) is 70.6 cm³/mol. The van der Waals surface area contributed by atoms with Gasteiger partial charge in [-0.25, -0.2) is 5.43 Å². The molecule has 0 bridgehead atoms. The Balaban J connectivity index is 1.88. The standard InChI is InChI=1S/C14H18N2O2/c17-13-9-5-4-8-12(13)14(18)16-15-10-11-6-2-1-3-7-11/h4-5,8-11,17H,1-3,6-7H2,(H,16,18). The van der Waals surface area contributed by atoms with E-state index in [2.05, 4.69) is 10.5 Å². The van der Waals surface area contributed by atoms with E-state index in [1.807, 2.05) is 6.21 Å². The van der Waals surface area contributed by atoms with E-state index < -0.39 is 0 Å². The number of hydrogen-bond donors (Lipinski definition) is 2. The van der Waals surface area contributed by atoms with Crippen LogP contribution in [0.15, 0.2) is 29.4 Å². The SMILES string of the molecule is O=C(NN=CC1CCCCC1)c1ccccc1O. The van der Waals surface area contributed by atoms with E-state index in [0.717, 1.165) is 12.8 Å². The molecule has 1 aromatic carbocycles. The maximum absolute atomic E-state index is 11.7. The normalized spacial score (nSPS) is 16.9. The number of carbonyl (C=O) groups excluding carboxylic acids is 1. The minimum absolute atomic E-state index is 0.0251. The molecule has 1 amide bonds. The molecule has 0 unspecified atom stereocenters.